The normalized spacial score (nSPS) is 17.9. The molecule has 0 aromatic heterocycles. The van der Waals surface area contributed by atoms with Gasteiger partial charge in [-0.25, -0.2) is 0 Å². The van der Waals surface area contributed by atoms with Gasteiger partial charge in [0, 0.05) is 5.02 Å². The average Bonchev–Trinajstić information content (AvgIpc) is 2.69. The van der Waals surface area contributed by atoms with Gasteiger partial charge in [0.1, 0.15) is 6.61 Å². The van der Waals surface area contributed by atoms with Crippen LogP contribution in [0.3, 0.4) is 0 Å². The van der Waals surface area contributed by atoms with E-state index < -0.39 is 49.5 Å². The molecule has 9 nitrogen and oxygen atoms in total. The van der Waals surface area contributed by atoms with Crippen molar-refractivity contribution in [1.82, 2.24) is 10.6 Å². The first-order chi connectivity index (χ1) is 14.6. The molecule has 12 heteroatoms. The summed E-state index contributed by atoms with van der Waals surface area (Å²) in [4.78, 5) is 48.7. The number of ether oxygens (including phenoxy) is 1. The molecule has 1 aliphatic heterocycles. The second kappa shape index (κ2) is 11.4. The summed E-state index contributed by atoms with van der Waals surface area (Å²) >= 11 is 11.9. The summed E-state index contributed by atoms with van der Waals surface area (Å²) in [5.41, 5.74) is 0.123. The smallest absolute Gasteiger partial charge is 0.496 e. The van der Waals surface area contributed by atoms with E-state index in [-0.39, 0.29) is 23.0 Å². The molecule has 0 aliphatic carbocycles. The largest absolute Gasteiger partial charge is 0.622 e. The minimum Gasteiger partial charge on any atom is -0.496 e. The van der Waals surface area contributed by atoms with Gasteiger partial charge in [-0.3, -0.25) is 19.2 Å². The van der Waals surface area contributed by atoms with Crippen LogP contribution in [0.25, 0.3) is 0 Å². The Morgan fingerprint density at radius 2 is 1.94 bits per heavy atom. The molecular formula is C19H23BCl2N2O7. The predicted molar refractivity (Wildman–Crippen MR) is 114 cm³/mol. The van der Waals surface area contributed by atoms with Crippen molar-refractivity contribution in [3.63, 3.8) is 0 Å². The molecular weight excluding hydrogens is 450 g/mol. The van der Waals surface area contributed by atoms with Crippen molar-refractivity contribution in [3.8, 4) is 0 Å². The topological polar surface area (TPSA) is 120 Å². The van der Waals surface area contributed by atoms with Crippen LogP contribution in [0, 0.1) is 5.92 Å². The van der Waals surface area contributed by atoms with E-state index in [4.69, 9.17) is 37.2 Å². The van der Waals surface area contributed by atoms with E-state index in [1.54, 1.807) is 0 Å². The third-order valence-electron chi connectivity index (χ3n) is 4.25. The fourth-order valence-corrected chi connectivity index (χ4v) is 3.13. The monoisotopic (exact) mass is 472 g/mol. The molecule has 0 saturated carbocycles. The van der Waals surface area contributed by atoms with Gasteiger partial charge < -0.3 is 24.7 Å². The summed E-state index contributed by atoms with van der Waals surface area (Å²) in [6.07, 6.45) is -0.604. The van der Waals surface area contributed by atoms with E-state index in [0.717, 1.165) is 0 Å². The molecule has 1 aromatic carbocycles. The molecule has 0 unspecified atom stereocenters. The Morgan fingerprint density at radius 3 is 2.61 bits per heavy atom. The maximum Gasteiger partial charge on any atom is 0.622 e. The van der Waals surface area contributed by atoms with E-state index >= 15 is 0 Å². The Bertz CT molecular complexity index is 853. The first-order valence-corrected chi connectivity index (χ1v) is 10.4. The predicted octanol–water partition coefficient (Wildman–Crippen LogP) is 1.79. The molecule has 31 heavy (non-hydrogen) atoms. The Hall–Kier alpha value is -2.30. The Balaban J connectivity index is 2.04. The molecule has 1 heterocycles. The molecule has 2 rings (SSSR count). The van der Waals surface area contributed by atoms with Gasteiger partial charge in [0.05, 0.1) is 23.1 Å². The number of hydrogen-bond donors (Lipinski definition) is 2. The lowest BCUT2D eigenvalue weighted by Crippen LogP contribution is -2.55. The minimum absolute atomic E-state index is 0.0710. The van der Waals surface area contributed by atoms with Crippen LogP contribution in [0.4, 0.5) is 0 Å². The number of rotatable bonds is 7. The van der Waals surface area contributed by atoms with Gasteiger partial charge in [0.2, 0.25) is 5.91 Å². The van der Waals surface area contributed by atoms with Gasteiger partial charge in [0.25, 0.3) is 5.91 Å². The third kappa shape index (κ3) is 7.72. The molecule has 0 bridgehead atoms. The van der Waals surface area contributed by atoms with Crippen molar-refractivity contribution >= 4 is 54.1 Å². The standard InChI is InChI=1S/C19H23BCl2N2O7/c1-10(2)6-15(20-30-17(26)9-29-11(3)19(28)31-20)24-16(25)8-23-18(27)13-7-12(21)4-5-14(13)22/h4-5,7,10-11,15H,6,8-9H2,1-3H3,(H,23,27)(H,24,25)/t11-,15+/m1/s1. The Labute approximate surface area is 190 Å². The highest BCUT2D eigenvalue weighted by atomic mass is 35.5. The lowest BCUT2D eigenvalue weighted by atomic mass is 9.73. The molecule has 2 atom stereocenters. The first kappa shape index (κ1) is 25.0. The molecule has 1 aliphatic rings. The van der Waals surface area contributed by atoms with Gasteiger partial charge in [-0.2, -0.15) is 0 Å². The van der Waals surface area contributed by atoms with E-state index in [1.165, 1.54) is 25.1 Å². The van der Waals surface area contributed by atoms with Crippen molar-refractivity contribution in [3.05, 3.63) is 33.8 Å². The summed E-state index contributed by atoms with van der Waals surface area (Å²) in [6, 6.07) is 4.39. The highest BCUT2D eigenvalue weighted by Crippen LogP contribution is 2.20. The summed E-state index contributed by atoms with van der Waals surface area (Å²) in [5.74, 6) is -3.35. The molecule has 0 radical (unpaired) electrons. The van der Waals surface area contributed by atoms with Crippen molar-refractivity contribution < 1.29 is 33.2 Å². The second-order valence-corrected chi connectivity index (χ2v) is 8.20. The van der Waals surface area contributed by atoms with Gasteiger partial charge in [-0.05, 0) is 37.5 Å². The van der Waals surface area contributed by atoms with E-state index in [0.29, 0.717) is 11.4 Å². The van der Waals surface area contributed by atoms with E-state index in [1.807, 2.05) is 13.8 Å². The number of nitrogens with one attached hydrogen (secondary N) is 2. The van der Waals surface area contributed by atoms with Crippen LogP contribution in [0.2, 0.25) is 10.0 Å². The highest BCUT2D eigenvalue weighted by molar-refractivity contribution is 6.51. The SMILES string of the molecule is CC(C)C[C@H](NC(=O)CNC(=O)c1cc(Cl)ccc1Cl)B1OC(=O)CO[C@H](C)C(=O)O1. The Kier molecular flexibility index (Phi) is 9.15. The molecule has 2 amide bonds. The van der Waals surface area contributed by atoms with Gasteiger partial charge in [0.15, 0.2) is 6.10 Å². The van der Waals surface area contributed by atoms with Crippen LogP contribution in [0.1, 0.15) is 37.6 Å². The summed E-state index contributed by atoms with van der Waals surface area (Å²) < 4.78 is 15.4. The summed E-state index contributed by atoms with van der Waals surface area (Å²) in [5, 5.41) is 5.60. The summed E-state index contributed by atoms with van der Waals surface area (Å²) in [6.45, 7) is 4.43. The van der Waals surface area contributed by atoms with E-state index in [9.17, 15) is 19.2 Å². The lowest BCUT2D eigenvalue weighted by Gasteiger charge is -2.27. The zero-order valence-electron chi connectivity index (χ0n) is 17.3. The van der Waals surface area contributed by atoms with Crippen molar-refractivity contribution in [2.45, 2.75) is 39.2 Å². The number of halogens is 2. The number of carbonyl (C=O) groups is 4. The van der Waals surface area contributed by atoms with Crippen LogP contribution >= 0.6 is 23.2 Å². The van der Waals surface area contributed by atoms with Crippen LogP contribution < -0.4 is 10.6 Å². The fraction of sp³-hybridized carbons (Fsp3) is 0.474. The van der Waals surface area contributed by atoms with E-state index in [2.05, 4.69) is 10.6 Å². The zero-order valence-corrected chi connectivity index (χ0v) is 18.8. The summed E-state index contributed by atoms with van der Waals surface area (Å²) in [7, 11) is -1.32. The number of hydrogen-bond acceptors (Lipinski definition) is 7. The number of amides is 2. The molecule has 2 N–H and O–H groups in total. The molecule has 1 fully saturated rings. The van der Waals surface area contributed by atoms with Gasteiger partial charge >= 0.3 is 19.1 Å². The van der Waals surface area contributed by atoms with Crippen LogP contribution in [0.15, 0.2) is 18.2 Å². The second-order valence-electron chi connectivity index (χ2n) is 7.36. The molecule has 0 spiro atoms. The van der Waals surface area contributed by atoms with Crippen molar-refractivity contribution in [2.75, 3.05) is 13.2 Å². The van der Waals surface area contributed by atoms with Crippen LogP contribution in [-0.2, 0) is 28.4 Å². The quantitative estimate of drug-likeness (QED) is 0.580. The Morgan fingerprint density at radius 1 is 1.23 bits per heavy atom. The van der Waals surface area contributed by atoms with Crippen molar-refractivity contribution in [1.29, 1.82) is 0 Å². The highest BCUT2D eigenvalue weighted by Gasteiger charge is 2.41. The molecule has 168 valence electrons. The average molecular weight is 473 g/mol. The molecule has 1 saturated heterocycles. The van der Waals surface area contributed by atoms with Crippen molar-refractivity contribution in [2.24, 2.45) is 5.92 Å². The lowest BCUT2D eigenvalue weighted by molar-refractivity contribution is -0.160. The third-order valence-corrected chi connectivity index (χ3v) is 4.81. The van der Waals surface area contributed by atoms with Gasteiger partial charge in [-0.1, -0.05) is 37.0 Å². The first-order valence-electron chi connectivity index (χ1n) is 9.61. The van der Waals surface area contributed by atoms with Crippen LogP contribution in [0.5, 0.6) is 0 Å². The number of benzene rings is 1. The van der Waals surface area contributed by atoms with Crippen LogP contribution in [-0.4, -0.2) is 56.1 Å². The van der Waals surface area contributed by atoms with Gasteiger partial charge in [-0.15, -0.1) is 0 Å². The maximum absolute atomic E-state index is 12.5. The zero-order chi connectivity index (χ0) is 23.1. The number of carbonyl (C=O) groups excluding carboxylic acids is 4. The minimum atomic E-state index is -1.32. The molecule has 1 aromatic rings. The maximum atomic E-state index is 12.5. The fourth-order valence-electron chi connectivity index (χ4n) is 2.75.